The first kappa shape index (κ1) is 14.6. The molecule has 21 heavy (non-hydrogen) atoms. The number of ether oxygens (including phenoxy) is 2. The maximum Gasteiger partial charge on any atom is 0.356 e. The Morgan fingerprint density at radius 2 is 1.95 bits per heavy atom. The minimum atomic E-state index is -0.581. The van der Waals surface area contributed by atoms with E-state index in [-0.39, 0.29) is 23.6 Å². The Morgan fingerprint density at radius 1 is 1.14 bits per heavy atom. The molecule has 0 aliphatic heterocycles. The van der Waals surface area contributed by atoms with Gasteiger partial charge in [-0.2, -0.15) is 0 Å². The first-order chi connectivity index (χ1) is 10.2. The summed E-state index contributed by atoms with van der Waals surface area (Å²) in [4.78, 5) is 31.9. The first-order valence-corrected chi connectivity index (χ1v) is 6.35. The maximum atomic E-state index is 12.0. The van der Waals surface area contributed by atoms with Crippen LogP contribution in [0.25, 0.3) is 11.4 Å². The fourth-order valence-corrected chi connectivity index (χ4v) is 1.75. The highest BCUT2D eigenvalue weighted by Crippen LogP contribution is 2.21. The van der Waals surface area contributed by atoms with Gasteiger partial charge in [0.05, 0.1) is 25.0 Å². The van der Waals surface area contributed by atoms with E-state index in [1.807, 2.05) is 0 Å². The van der Waals surface area contributed by atoms with Crippen molar-refractivity contribution in [3.63, 3.8) is 0 Å². The van der Waals surface area contributed by atoms with Crippen molar-refractivity contribution in [3.05, 3.63) is 47.8 Å². The molecule has 2 heterocycles. The molecule has 0 unspecified atom stereocenters. The second-order valence-electron chi connectivity index (χ2n) is 4.02. The predicted octanol–water partition coefficient (Wildman–Crippen LogP) is 2.11. The van der Waals surface area contributed by atoms with Gasteiger partial charge in [0.1, 0.15) is 11.4 Å². The predicted molar refractivity (Wildman–Crippen MR) is 74.8 cm³/mol. The van der Waals surface area contributed by atoms with Crippen LogP contribution in [0, 0.1) is 0 Å². The third-order valence-electron chi connectivity index (χ3n) is 2.69. The van der Waals surface area contributed by atoms with Gasteiger partial charge in [-0.15, -0.1) is 0 Å². The van der Waals surface area contributed by atoms with Gasteiger partial charge in [0, 0.05) is 6.20 Å². The molecule has 0 amide bonds. The summed E-state index contributed by atoms with van der Waals surface area (Å²) in [7, 11) is 1.27. The van der Waals surface area contributed by atoms with Crippen molar-refractivity contribution in [1.82, 2.24) is 9.97 Å². The summed E-state index contributed by atoms with van der Waals surface area (Å²) in [5, 5.41) is 0. The summed E-state index contributed by atoms with van der Waals surface area (Å²) in [6, 6.07) is 8.12. The van der Waals surface area contributed by atoms with Gasteiger partial charge in [-0.3, -0.25) is 4.98 Å². The molecular formula is C15H14N2O4. The van der Waals surface area contributed by atoms with Crippen LogP contribution in [0.1, 0.15) is 27.8 Å². The van der Waals surface area contributed by atoms with Crippen molar-refractivity contribution >= 4 is 11.9 Å². The van der Waals surface area contributed by atoms with Crippen molar-refractivity contribution in [2.45, 2.75) is 6.92 Å². The van der Waals surface area contributed by atoms with Gasteiger partial charge < -0.3 is 9.47 Å². The van der Waals surface area contributed by atoms with E-state index in [4.69, 9.17) is 4.74 Å². The molecule has 108 valence electrons. The molecule has 2 aromatic heterocycles. The van der Waals surface area contributed by atoms with Crippen LogP contribution in [-0.2, 0) is 9.47 Å². The Morgan fingerprint density at radius 3 is 2.57 bits per heavy atom. The van der Waals surface area contributed by atoms with E-state index < -0.39 is 11.9 Å². The summed E-state index contributed by atoms with van der Waals surface area (Å²) in [5.74, 6) is -1.09. The lowest BCUT2D eigenvalue weighted by molar-refractivity contribution is 0.0523. The number of carbonyl (C=O) groups is 2. The second-order valence-corrected chi connectivity index (χ2v) is 4.02. The van der Waals surface area contributed by atoms with Gasteiger partial charge in [0.15, 0.2) is 0 Å². The van der Waals surface area contributed by atoms with Gasteiger partial charge in [-0.1, -0.05) is 6.07 Å². The molecule has 0 bridgehead atoms. The molecule has 0 saturated carbocycles. The van der Waals surface area contributed by atoms with Gasteiger partial charge in [0.2, 0.25) is 0 Å². The van der Waals surface area contributed by atoms with Crippen LogP contribution < -0.4 is 0 Å². The highest BCUT2D eigenvalue weighted by molar-refractivity contribution is 5.97. The number of hydrogen-bond donors (Lipinski definition) is 0. The van der Waals surface area contributed by atoms with Crippen LogP contribution in [0.2, 0.25) is 0 Å². The molecular weight excluding hydrogens is 272 g/mol. The van der Waals surface area contributed by atoms with Crippen molar-refractivity contribution in [2.24, 2.45) is 0 Å². The Balaban J connectivity index is 2.55. The number of aromatic nitrogens is 2. The number of methoxy groups -OCH3 is 1. The highest BCUT2D eigenvalue weighted by Gasteiger charge is 2.19. The van der Waals surface area contributed by atoms with Crippen LogP contribution in [0.4, 0.5) is 0 Å². The number of esters is 2. The van der Waals surface area contributed by atoms with E-state index in [1.165, 1.54) is 19.2 Å². The fraction of sp³-hybridized carbons (Fsp3) is 0.200. The zero-order chi connectivity index (χ0) is 15.2. The summed E-state index contributed by atoms with van der Waals surface area (Å²) in [6.45, 7) is 1.97. The lowest BCUT2D eigenvalue weighted by Crippen LogP contribution is -2.11. The van der Waals surface area contributed by atoms with Crippen molar-refractivity contribution < 1.29 is 19.1 Å². The molecule has 0 aliphatic rings. The smallest absolute Gasteiger partial charge is 0.356 e. The van der Waals surface area contributed by atoms with Crippen molar-refractivity contribution in [2.75, 3.05) is 13.7 Å². The molecule has 0 spiro atoms. The number of pyridine rings is 2. The molecule has 2 rings (SSSR count). The molecule has 0 N–H and O–H groups in total. The molecule has 0 fully saturated rings. The molecule has 0 saturated heterocycles. The first-order valence-electron chi connectivity index (χ1n) is 6.35. The van der Waals surface area contributed by atoms with Gasteiger partial charge >= 0.3 is 11.9 Å². The van der Waals surface area contributed by atoms with E-state index in [0.29, 0.717) is 5.69 Å². The Bertz CT molecular complexity index is 656. The van der Waals surface area contributed by atoms with E-state index in [0.717, 1.165) is 0 Å². The van der Waals surface area contributed by atoms with Crippen molar-refractivity contribution in [3.8, 4) is 11.4 Å². The zero-order valence-electron chi connectivity index (χ0n) is 11.7. The molecule has 0 radical (unpaired) electrons. The molecule has 2 aromatic rings. The van der Waals surface area contributed by atoms with E-state index >= 15 is 0 Å². The van der Waals surface area contributed by atoms with E-state index in [9.17, 15) is 9.59 Å². The lowest BCUT2D eigenvalue weighted by Gasteiger charge is -2.09. The second kappa shape index (κ2) is 6.60. The standard InChI is InChI=1S/C15H14N2O4/c1-3-21-14(18)10-7-8-12(15(19)20-2)17-13(10)11-6-4-5-9-16-11/h4-9H,3H2,1-2H3. The number of nitrogens with zero attached hydrogens (tertiary/aromatic N) is 2. The highest BCUT2D eigenvalue weighted by atomic mass is 16.5. The SMILES string of the molecule is CCOC(=O)c1ccc(C(=O)OC)nc1-c1ccccn1. The maximum absolute atomic E-state index is 12.0. The van der Waals surface area contributed by atoms with E-state index in [2.05, 4.69) is 14.7 Å². The van der Waals surface area contributed by atoms with Crippen LogP contribution in [0.15, 0.2) is 36.5 Å². The topological polar surface area (TPSA) is 78.4 Å². The minimum Gasteiger partial charge on any atom is -0.464 e. The van der Waals surface area contributed by atoms with Crippen LogP contribution in [0.5, 0.6) is 0 Å². The fourth-order valence-electron chi connectivity index (χ4n) is 1.75. The van der Waals surface area contributed by atoms with Gasteiger partial charge in [-0.25, -0.2) is 14.6 Å². The average Bonchev–Trinajstić information content (AvgIpc) is 2.54. The van der Waals surface area contributed by atoms with Crippen molar-refractivity contribution in [1.29, 1.82) is 0 Å². The quantitative estimate of drug-likeness (QED) is 0.801. The number of hydrogen-bond acceptors (Lipinski definition) is 6. The van der Waals surface area contributed by atoms with Crippen LogP contribution >= 0.6 is 0 Å². The Kier molecular flexibility index (Phi) is 4.61. The number of rotatable bonds is 4. The van der Waals surface area contributed by atoms with E-state index in [1.54, 1.807) is 31.3 Å². The average molecular weight is 286 g/mol. The summed E-state index contributed by atoms with van der Waals surface area (Å²) < 4.78 is 9.63. The summed E-state index contributed by atoms with van der Waals surface area (Å²) in [5.41, 5.74) is 1.12. The summed E-state index contributed by atoms with van der Waals surface area (Å²) in [6.07, 6.45) is 1.58. The number of carbonyl (C=O) groups excluding carboxylic acids is 2. The third kappa shape index (κ3) is 3.22. The third-order valence-corrected chi connectivity index (χ3v) is 2.69. The Labute approximate surface area is 121 Å². The molecule has 0 atom stereocenters. The Hall–Kier alpha value is -2.76. The zero-order valence-corrected chi connectivity index (χ0v) is 11.7. The van der Waals surface area contributed by atoms with Gasteiger partial charge in [0.25, 0.3) is 0 Å². The van der Waals surface area contributed by atoms with Crippen LogP contribution in [-0.4, -0.2) is 35.6 Å². The molecule has 0 aromatic carbocycles. The minimum absolute atomic E-state index is 0.103. The largest absolute Gasteiger partial charge is 0.464 e. The lowest BCUT2D eigenvalue weighted by atomic mass is 10.1. The summed E-state index contributed by atoms with van der Waals surface area (Å²) >= 11 is 0. The van der Waals surface area contributed by atoms with Crippen LogP contribution in [0.3, 0.4) is 0 Å². The molecule has 0 aliphatic carbocycles. The molecule has 6 nitrogen and oxygen atoms in total. The molecule has 6 heteroatoms. The monoisotopic (exact) mass is 286 g/mol. The normalized spacial score (nSPS) is 10.0. The van der Waals surface area contributed by atoms with Gasteiger partial charge in [-0.05, 0) is 31.2 Å².